The van der Waals surface area contributed by atoms with Crippen molar-refractivity contribution in [2.75, 3.05) is 6.54 Å². The van der Waals surface area contributed by atoms with E-state index < -0.39 is 0 Å². The second-order valence-corrected chi connectivity index (χ2v) is 4.84. The van der Waals surface area contributed by atoms with Crippen LogP contribution in [0.3, 0.4) is 0 Å². The molecular formula is C14H21N. The lowest BCUT2D eigenvalue weighted by Crippen LogP contribution is -2.30. The SMILES string of the molecule is CCC1(CCN)CCc2ccccc2C1. The van der Waals surface area contributed by atoms with Crippen LogP contribution in [0.25, 0.3) is 0 Å². The molecule has 1 aliphatic rings. The number of hydrogen-bond donors (Lipinski definition) is 1. The van der Waals surface area contributed by atoms with Crippen LogP contribution in [0.15, 0.2) is 24.3 Å². The Bertz CT molecular complexity index is 332. The Morgan fingerprint density at radius 1 is 1.27 bits per heavy atom. The molecule has 0 saturated heterocycles. The lowest BCUT2D eigenvalue weighted by Gasteiger charge is -2.37. The minimum Gasteiger partial charge on any atom is -0.330 e. The summed E-state index contributed by atoms with van der Waals surface area (Å²) in [7, 11) is 0. The van der Waals surface area contributed by atoms with Crippen molar-refractivity contribution in [2.24, 2.45) is 11.1 Å². The third-order valence-corrected chi connectivity index (χ3v) is 4.03. The molecule has 0 bridgehead atoms. The standard InChI is InChI=1S/C14H21N/c1-2-14(9-10-15)8-7-12-5-3-4-6-13(12)11-14/h3-6H,2,7-11,15H2,1H3. The van der Waals surface area contributed by atoms with E-state index in [0.29, 0.717) is 5.41 Å². The van der Waals surface area contributed by atoms with Gasteiger partial charge in [0, 0.05) is 0 Å². The first-order valence-corrected chi connectivity index (χ1v) is 6.06. The molecule has 0 amide bonds. The van der Waals surface area contributed by atoms with Gasteiger partial charge in [-0.1, -0.05) is 37.6 Å². The third kappa shape index (κ3) is 2.07. The Hall–Kier alpha value is -0.820. The van der Waals surface area contributed by atoms with Crippen LogP contribution in [0.1, 0.15) is 37.3 Å². The minimum absolute atomic E-state index is 0.489. The fourth-order valence-electron chi connectivity index (χ4n) is 2.86. The molecule has 2 rings (SSSR count). The molecule has 1 aromatic rings. The maximum Gasteiger partial charge on any atom is -0.00719 e. The van der Waals surface area contributed by atoms with E-state index >= 15 is 0 Å². The second-order valence-electron chi connectivity index (χ2n) is 4.84. The molecular weight excluding hydrogens is 182 g/mol. The number of benzene rings is 1. The molecule has 1 unspecified atom stereocenters. The van der Waals surface area contributed by atoms with Gasteiger partial charge in [-0.2, -0.15) is 0 Å². The number of aryl methyl sites for hydroxylation is 1. The summed E-state index contributed by atoms with van der Waals surface area (Å²) in [6, 6.07) is 8.88. The van der Waals surface area contributed by atoms with Gasteiger partial charge >= 0.3 is 0 Å². The van der Waals surface area contributed by atoms with Gasteiger partial charge in [-0.15, -0.1) is 0 Å². The molecule has 0 aliphatic heterocycles. The van der Waals surface area contributed by atoms with Crippen LogP contribution < -0.4 is 5.73 Å². The van der Waals surface area contributed by atoms with E-state index in [9.17, 15) is 0 Å². The molecule has 1 atom stereocenters. The van der Waals surface area contributed by atoms with Crippen molar-refractivity contribution in [1.82, 2.24) is 0 Å². The molecule has 15 heavy (non-hydrogen) atoms. The molecule has 1 heteroatoms. The summed E-state index contributed by atoms with van der Waals surface area (Å²) in [4.78, 5) is 0. The highest BCUT2D eigenvalue weighted by molar-refractivity contribution is 5.30. The lowest BCUT2D eigenvalue weighted by molar-refractivity contribution is 0.218. The molecule has 0 fully saturated rings. The zero-order chi connectivity index (χ0) is 10.7. The predicted molar refractivity (Wildman–Crippen MR) is 64.9 cm³/mol. The summed E-state index contributed by atoms with van der Waals surface area (Å²) in [6.45, 7) is 3.14. The maximum absolute atomic E-state index is 5.74. The van der Waals surface area contributed by atoms with Gasteiger partial charge in [-0.05, 0) is 48.8 Å². The highest BCUT2D eigenvalue weighted by atomic mass is 14.5. The summed E-state index contributed by atoms with van der Waals surface area (Å²) in [5.74, 6) is 0. The van der Waals surface area contributed by atoms with Crippen LogP contribution in [0.4, 0.5) is 0 Å². The van der Waals surface area contributed by atoms with E-state index in [-0.39, 0.29) is 0 Å². The van der Waals surface area contributed by atoms with Crippen molar-refractivity contribution in [3.63, 3.8) is 0 Å². The quantitative estimate of drug-likeness (QED) is 0.803. The predicted octanol–water partition coefficient (Wildman–Crippen LogP) is 2.92. The molecule has 0 radical (unpaired) electrons. The summed E-state index contributed by atoms with van der Waals surface area (Å²) >= 11 is 0. The monoisotopic (exact) mass is 203 g/mol. The molecule has 0 spiro atoms. The normalized spacial score (nSPS) is 24.9. The summed E-state index contributed by atoms with van der Waals surface area (Å²) in [5.41, 5.74) is 9.34. The molecule has 1 aromatic carbocycles. The van der Waals surface area contributed by atoms with Crippen LogP contribution >= 0.6 is 0 Å². The first-order chi connectivity index (χ1) is 7.29. The highest BCUT2D eigenvalue weighted by Gasteiger charge is 2.31. The van der Waals surface area contributed by atoms with Crippen molar-refractivity contribution in [3.05, 3.63) is 35.4 Å². The number of hydrogen-bond acceptors (Lipinski definition) is 1. The maximum atomic E-state index is 5.74. The number of nitrogens with two attached hydrogens (primary N) is 1. The number of fused-ring (bicyclic) bond motifs is 1. The van der Waals surface area contributed by atoms with Gasteiger partial charge in [-0.3, -0.25) is 0 Å². The van der Waals surface area contributed by atoms with Gasteiger partial charge in [0.1, 0.15) is 0 Å². The first kappa shape index (κ1) is 10.7. The van der Waals surface area contributed by atoms with Crippen molar-refractivity contribution in [3.8, 4) is 0 Å². The summed E-state index contributed by atoms with van der Waals surface area (Å²) in [6.07, 6.45) is 6.23. The molecule has 0 saturated carbocycles. The Labute approximate surface area is 92.7 Å². The van der Waals surface area contributed by atoms with Crippen molar-refractivity contribution >= 4 is 0 Å². The van der Waals surface area contributed by atoms with Crippen molar-refractivity contribution < 1.29 is 0 Å². The van der Waals surface area contributed by atoms with Gasteiger partial charge in [0.25, 0.3) is 0 Å². The van der Waals surface area contributed by atoms with Gasteiger partial charge in [0.2, 0.25) is 0 Å². The van der Waals surface area contributed by atoms with Crippen LogP contribution in [0, 0.1) is 5.41 Å². The van der Waals surface area contributed by atoms with E-state index in [4.69, 9.17) is 5.73 Å². The van der Waals surface area contributed by atoms with Crippen molar-refractivity contribution in [1.29, 1.82) is 0 Å². The molecule has 0 aromatic heterocycles. The first-order valence-electron chi connectivity index (χ1n) is 6.06. The topological polar surface area (TPSA) is 26.0 Å². The van der Waals surface area contributed by atoms with Gasteiger partial charge in [0.15, 0.2) is 0 Å². The van der Waals surface area contributed by atoms with Gasteiger partial charge in [0.05, 0.1) is 0 Å². The summed E-state index contributed by atoms with van der Waals surface area (Å²) in [5, 5.41) is 0. The zero-order valence-corrected chi connectivity index (χ0v) is 9.63. The van der Waals surface area contributed by atoms with Gasteiger partial charge in [-0.25, -0.2) is 0 Å². The van der Waals surface area contributed by atoms with Crippen LogP contribution in [-0.2, 0) is 12.8 Å². The number of rotatable bonds is 3. The van der Waals surface area contributed by atoms with E-state index in [1.807, 2.05) is 0 Å². The Morgan fingerprint density at radius 2 is 2.00 bits per heavy atom. The molecule has 82 valence electrons. The Kier molecular flexibility index (Phi) is 3.11. The average Bonchev–Trinajstić information content (AvgIpc) is 2.29. The highest BCUT2D eigenvalue weighted by Crippen LogP contribution is 2.40. The fourth-order valence-corrected chi connectivity index (χ4v) is 2.86. The lowest BCUT2D eigenvalue weighted by atomic mass is 9.68. The second kappa shape index (κ2) is 4.36. The Balaban J connectivity index is 2.22. The Morgan fingerprint density at radius 3 is 2.67 bits per heavy atom. The van der Waals surface area contributed by atoms with E-state index in [1.165, 1.54) is 32.1 Å². The molecule has 0 heterocycles. The van der Waals surface area contributed by atoms with Crippen LogP contribution in [0.2, 0.25) is 0 Å². The molecule has 2 N–H and O–H groups in total. The smallest absolute Gasteiger partial charge is 0.00719 e. The zero-order valence-electron chi connectivity index (χ0n) is 9.63. The fraction of sp³-hybridized carbons (Fsp3) is 0.571. The molecule has 1 aliphatic carbocycles. The average molecular weight is 203 g/mol. The summed E-state index contributed by atoms with van der Waals surface area (Å²) < 4.78 is 0. The van der Waals surface area contributed by atoms with Gasteiger partial charge < -0.3 is 5.73 Å². The van der Waals surface area contributed by atoms with Crippen LogP contribution in [-0.4, -0.2) is 6.54 Å². The van der Waals surface area contributed by atoms with E-state index in [2.05, 4.69) is 31.2 Å². The molecule has 1 nitrogen and oxygen atoms in total. The van der Waals surface area contributed by atoms with Crippen molar-refractivity contribution in [2.45, 2.75) is 39.0 Å². The van der Waals surface area contributed by atoms with E-state index in [0.717, 1.165) is 6.54 Å². The minimum atomic E-state index is 0.489. The van der Waals surface area contributed by atoms with Crippen LogP contribution in [0.5, 0.6) is 0 Å². The van der Waals surface area contributed by atoms with E-state index in [1.54, 1.807) is 11.1 Å². The third-order valence-electron chi connectivity index (χ3n) is 4.03. The largest absolute Gasteiger partial charge is 0.330 e.